The minimum atomic E-state index is -0.137. The van der Waals surface area contributed by atoms with Gasteiger partial charge in [0.05, 0.1) is 5.56 Å². The fraction of sp³-hybridized carbons (Fsp3) is 0.192. The molecule has 5 nitrogen and oxygen atoms in total. The number of aromatic nitrogens is 1. The molecule has 0 fully saturated rings. The molecule has 1 aromatic heterocycles. The number of rotatable bonds is 7. The van der Waals surface area contributed by atoms with Crippen LogP contribution in [0.1, 0.15) is 38.3 Å². The first-order chi connectivity index (χ1) is 15.5. The second kappa shape index (κ2) is 9.75. The van der Waals surface area contributed by atoms with Gasteiger partial charge in [0.2, 0.25) is 17.7 Å². The van der Waals surface area contributed by atoms with E-state index in [9.17, 15) is 9.90 Å². The van der Waals surface area contributed by atoms with Crippen LogP contribution in [-0.2, 0) is 4.79 Å². The summed E-state index contributed by atoms with van der Waals surface area (Å²) in [5.74, 6) is 0.399. The van der Waals surface area contributed by atoms with Crippen LogP contribution in [0.4, 0.5) is 5.88 Å². The normalized spacial score (nSPS) is 13.2. The van der Waals surface area contributed by atoms with Gasteiger partial charge in [-0.3, -0.25) is 10.1 Å². The Kier molecular flexibility index (Phi) is 6.61. The van der Waals surface area contributed by atoms with E-state index < -0.39 is 0 Å². The maximum atomic E-state index is 12.4. The van der Waals surface area contributed by atoms with Crippen LogP contribution in [0.25, 0.3) is 28.2 Å². The summed E-state index contributed by atoms with van der Waals surface area (Å²) >= 11 is 5.34. The summed E-state index contributed by atoms with van der Waals surface area (Å²) in [6, 6.07) is 15.2. The van der Waals surface area contributed by atoms with E-state index >= 15 is 0 Å². The molecule has 32 heavy (non-hydrogen) atoms. The number of thiocarbonyl (C=S) groups is 1. The zero-order valence-electron chi connectivity index (χ0n) is 17.8. The first-order valence-electron chi connectivity index (χ1n) is 10.7. The number of carbonyl (C=O) groups is 1. The van der Waals surface area contributed by atoms with Crippen LogP contribution in [0.15, 0.2) is 71.2 Å². The number of hydrogen-bond donors (Lipinski definition) is 2. The van der Waals surface area contributed by atoms with Crippen LogP contribution in [-0.4, -0.2) is 20.9 Å². The van der Waals surface area contributed by atoms with E-state index in [0.29, 0.717) is 24.1 Å². The van der Waals surface area contributed by atoms with Crippen molar-refractivity contribution in [2.75, 3.05) is 5.32 Å². The van der Waals surface area contributed by atoms with Crippen molar-refractivity contribution in [2.24, 2.45) is 0 Å². The van der Waals surface area contributed by atoms with Crippen molar-refractivity contribution in [2.45, 2.75) is 32.6 Å². The first kappa shape index (κ1) is 21.7. The molecule has 0 aliphatic heterocycles. The van der Waals surface area contributed by atoms with Crippen molar-refractivity contribution in [3.8, 4) is 28.3 Å². The molecule has 0 atom stereocenters. The van der Waals surface area contributed by atoms with Gasteiger partial charge < -0.3 is 9.52 Å². The minimum absolute atomic E-state index is 0.0479. The van der Waals surface area contributed by atoms with Crippen LogP contribution >= 0.6 is 12.2 Å². The number of anilines is 1. The van der Waals surface area contributed by atoms with E-state index in [4.69, 9.17) is 16.6 Å². The number of oxazole rings is 1. The van der Waals surface area contributed by atoms with E-state index in [-0.39, 0.29) is 23.4 Å². The Balaban J connectivity index is 1.71. The number of nitrogens with zero attached hydrogens (tertiary/aromatic N) is 1. The number of allylic oxidation sites excluding steroid dienone is 4. The average Bonchev–Trinajstić information content (AvgIpc) is 3.21. The van der Waals surface area contributed by atoms with Gasteiger partial charge in [-0.05, 0) is 35.8 Å². The van der Waals surface area contributed by atoms with E-state index in [2.05, 4.69) is 10.3 Å². The number of carbonyl (C=O) groups excluding carboxylic acids is 1. The molecule has 0 bridgehead atoms. The van der Waals surface area contributed by atoms with Gasteiger partial charge in [0.1, 0.15) is 11.4 Å². The van der Waals surface area contributed by atoms with Crippen LogP contribution in [0.3, 0.4) is 0 Å². The summed E-state index contributed by atoms with van der Waals surface area (Å²) in [6.07, 6.45) is 8.54. The number of aromatic hydroxyl groups is 1. The zero-order chi connectivity index (χ0) is 22.5. The van der Waals surface area contributed by atoms with Crippen molar-refractivity contribution in [1.29, 1.82) is 0 Å². The van der Waals surface area contributed by atoms with E-state index in [1.807, 2.05) is 61.5 Å². The lowest BCUT2D eigenvalue weighted by atomic mass is 10.0. The van der Waals surface area contributed by atoms with Crippen molar-refractivity contribution >= 4 is 34.4 Å². The molecular formula is C26H24N2O3S. The fourth-order valence-electron chi connectivity index (χ4n) is 3.49. The predicted molar refractivity (Wildman–Crippen MR) is 132 cm³/mol. The standard InChI is InChI=1S/C26H24N2O3S/c1-2-3-12-23(30)27-26-24(19-10-7-11-20(32)15-19)28-25(31-26)21-14-13-18(16-22(21)29)17-8-5-4-6-9-17/h4-10,13-16,29H,2-3,11-12H2,1H3,(H,27,30). The van der Waals surface area contributed by atoms with Gasteiger partial charge in [0.25, 0.3) is 0 Å². The highest BCUT2D eigenvalue weighted by Crippen LogP contribution is 2.37. The van der Waals surface area contributed by atoms with Crippen LogP contribution in [0, 0.1) is 0 Å². The first-order valence-corrected chi connectivity index (χ1v) is 11.1. The van der Waals surface area contributed by atoms with Gasteiger partial charge in [0, 0.05) is 23.3 Å². The molecule has 0 spiro atoms. The minimum Gasteiger partial charge on any atom is -0.507 e. The van der Waals surface area contributed by atoms with Gasteiger partial charge in [-0.25, -0.2) is 4.98 Å². The Morgan fingerprint density at radius 1 is 1.19 bits per heavy atom. The zero-order valence-corrected chi connectivity index (χ0v) is 18.6. The Labute approximate surface area is 192 Å². The van der Waals surface area contributed by atoms with E-state index in [1.54, 1.807) is 12.1 Å². The molecule has 1 heterocycles. The maximum Gasteiger partial charge on any atom is 0.233 e. The molecule has 4 rings (SSSR count). The molecule has 1 amide bonds. The van der Waals surface area contributed by atoms with E-state index in [1.165, 1.54) is 0 Å². The molecule has 2 N–H and O–H groups in total. The molecule has 162 valence electrons. The molecule has 2 aromatic carbocycles. The second-order valence-corrected chi connectivity index (χ2v) is 8.14. The van der Waals surface area contributed by atoms with Gasteiger partial charge in [-0.2, -0.15) is 0 Å². The second-order valence-electron chi connectivity index (χ2n) is 7.62. The summed E-state index contributed by atoms with van der Waals surface area (Å²) in [6.45, 7) is 2.03. The summed E-state index contributed by atoms with van der Waals surface area (Å²) in [4.78, 5) is 17.8. The topological polar surface area (TPSA) is 75.4 Å². The van der Waals surface area contributed by atoms with Crippen molar-refractivity contribution < 1.29 is 14.3 Å². The number of phenolic OH excluding ortho intramolecular Hbond substituents is 1. The lowest BCUT2D eigenvalue weighted by molar-refractivity contribution is -0.116. The summed E-state index contributed by atoms with van der Waals surface area (Å²) in [5.41, 5.74) is 3.59. The highest BCUT2D eigenvalue weighted by molar-refractivity contribution is 7.80. The van der Waals surface area contributed by atoms with Gasteiger partial charge in [0.15, 0.2) is 0 Å². The average molecular weight is 445 g/mol. The highest BCUT2D eigenvalue weighted by atomic mass is 32.1. The van der Waals surface area contributed by atoms with Crippen LogP contribution in [0.5, 0.6) is 5.75 Å². The van der Waals surface area contributed by atoms with Crippen molar-refractivity contribution in [3.63, 3.8) is 0 Å². The third kappa shape index (κ3) is 4.86. The molecule has 0 saturated carbocycles. The lowest BCUT2D eigenvalue weighted by Gasteiger charge is -2.07. The quantitative estimate of drug-likeness (QED) is 0.404. The number of phenols is 1. The molecule has 1 aliphatic rings. The SMILES string of the molecule is CCCCC(=O)Nc1oc(-c2ccc(-c3ccccc3)cc2O)nc1C1=CC(=S)CC=C1. The molecule has 0 unspecified atom stereocenters. The maximum absolute atomic E-state index is 12.4. The van der Waals surface area contributed by atoms with Crippen LogP contribution < -0.4 is 5.32 Å². The smallest absolute Gasteiger partial charge is 0.233 e. The van der Waals surface area contributed by atoms with Crippen molar-refractivity contribution in [3.05, 3.63) is 72.5 Å². The number of unbranched alkanes of at least 4 members (excludes halogenated alkanes) is 1. The van der Waals surface area contributed by atoms with Gasteiger partial charge >= 0.3 is 0 Å². The fourth-order valence-corrected chi connectivity index (χ4v) is 3.72. The monoisotopic (exact) mass is 444 g/mol. The van der Waals surface area contributed by atoms with Crippen LogP contribution in [0.2, 0.25) is 0 Å². The third-order valence-electron chi connectivity index (χ3n) is 5.18. The number of amides is 1. The lowest BCUT2D eigenvalue weighted by Crippen LogP contribution is -2.11. The largest absolute Gasteiger partial charge is 0.507 e. The van der Waals surface area contributed by atoms with Gasteiger partial charge in [-0.1, -0.05) is 74.1 Å². The molecule has 6 heteroatoms. The Hall–Kier alpha value is -3.51. The molecule has 0 radical (unpaired) electrons. The Morgan fingerprint density at radius 2 is 2.00 bits per heavy atom. The number of benzene rings is 2. The summed E-state index contributed by atoms with van der Waals surface area (Å²) in [5, 5.41) is 13.6. The molecule has 0 saturated heterocycles. The Morgan fingerprint density at radius 3 is 2.72 bits per heavy atom. The number of nitrogens with one attached hydrogen (secondary N) is 1. The molecule has 1 aliphatic carbocycles. The predicted octanol–water partition coefficient (Wildman–Crippen LogP) is 6.56. The molecular weight excluding hydrogens is 420 g/mol. The van der Waals surface area contributed by atoms with E-state index in [0.717, 1.165) is 34.4 Å². The number of hydrogen-bond acceptors (Lipinski definition) is 5. The van der Waals surface area contributed by atoms with Gasteiger partial charge in [-0.15, -0.1) is 0 Å². The summed E-state index contributed by atoms with van der Waals surface area (Å²) < 4.78 is 5.95. The summed E-state index contributed by atoms with van der Waals surface area (Å²) in [7, 11) is 0. The third-order valence-corrected chi connectivity index (χ3v) is 5.46. The highest BCUT2D eigenvalue weighted by Gasteiger charge is 2.22. The Bertz CT molecular complexity index is 1210. The molecule has 3 aromatic rings. The van der Waals surface area contributed by atoms with Crippen molar-refractivity contribution in [1.82, 2.24) is 4.98 Å².